The van der Waals surface area contributed by atoms with E-state index in [1.165, 1.54) is 12.5 Å². The number of nitrogens with zero attached hydrogens (tertiary/aromatic N) is 1. The Morgan fingerprint density at radius 1 is 1.05 bits per heavy atom. The summed E-state index contributed by atoms with van der Waals surface area (Å²) in [5.41, 5.74) is 6.01. The van der Waals surface area contributed by atoms with Crippen LogP contribution < -0.4 is 5.32 Å². The Labute approximate surface area is 254 Å². The molecule has 0 aromatic heterocycles. The van der Waals surface area contributed by atoms with Gasteiger partial charge in [-0.3, -0.25) is 4.90 Å². The largest absolute Gasteiger partial charge is 0.445 e. The zero-order chi connectivity index (χ0) is 30.0. The standard InChI is InChI=1S/C35H42N2O6/c1-3-18-41-35(39)36-21-26-6-4-7-30(19-26)27-13-15-29(16-14-27)34-42-32(22-37-17-5-8-31(37)24-40-2)20-33(43-34)28-11-9-25(23-38)10-12-28/h3-4,6-7,9-16,19,31-34,38H,1,5,8,17-18,20-24H2,2H3,(H,36,39). The number of carbonyl (C=O) groups is 1. The monoisotopic (exact) mass is 586 g/mol. The summed E-state index contributed by atoms with van der Waals surface area (Å²) in [5, 5.41) is 12.3. The number of amides is 1. The molecular formula is C35H42N2O6. The van der Waals surface area contributed by atoms with E-state index < -0.39 is 12.4 Å². The fraction of sp³-hybridized carbons (Fsp3) is 0.400. The van der Waals surface area contributed by atoms with E-state index in [0.29, 0.717) is 12.6 Å². The Morgan fingerprint density at radius 2 is 1.84 bits per heavy atom. The van der Waals surface area contributed by atoms with Crippen LogP contribution in [0, 0.1) is 0 Å². The predicted octanol–water partition coefficient (Wildman–Crippen LogP) is 5.91. The van der Waals surface area contributed by atoms with E-state index >= 15 is 0 Å². The highest BCUT2D eigenvalue weighted by molar-refractivity contribution is 5.68. The first-order chi connectivity index (χ1) is 21.1. The van der Waals surface area contributed by atoms with Crippen LogP contribution in [0.15, 0.2) is 85.5 Å². The molecule has 8 heteroatoms. The van der Waals surface area contributed by atoms with Crippen LogP contribution in [-0.4, -0.2) is 61.7 Å². The van der Waals surface area contributed by atoms with Gasteiger partial charge in [0.25, 0.3) is 0 Å². The van der Waals surface area contributed by atoms with E-state index in [0.717, 1.165) is 65.9 Å². The van der Waals surface area contributed by atoms with Gasteiger partial charge < -0.3 is 29.4 Å². The molecule has 2 N–H and O–H groups in total. The minimum atomic E-state index is -0.504. The van der Waals surface area contributed by atoms with Gasteiger partial charge in [0, 0.05) is 38.2 Å². The molecule has 43 heavy (non-hydrogen) atoms. The number of aliphatic hydroxyl groups excluding tert-OH is 1. The number of carbonyl (C=O) groups excluding carboxylic acids is 1. The van der Waals surface area contributed by atoms with Crippen LogP contribution in [0.25, 0.3) is 11.1 Å². The zero-order valence-electron chi connectivity index (χ0n) is 24.8. The summed E-state index contributed by atoms with van der Waals surface area (Å²) in [7, 11) is 1.77. The van der Waals surface area contributed by atoms with Gasteiger partial charge in [-0.25, -0.2) is 4.79 Å². The Morgan fingerprint density at radius 3 is 2.58 bits per heavy atom. The zero-order valence-corrected chi connectivity index (χ0v) is 24.8. The van der Waals surface area contributed by atoms with E-state index in [-0.39, 0.29) is 25.4 Å². The molecule has 0 aliphatic carbocycles. The predicted molar refractivity (Wildman–Crippen MR) is 165 cm³/mol. The molecule has 2 fully saturated rings. The molecule has 3 aromatic carbocycles. The molecule has 1 amide bonds. The van der Waals surface area contributed by atoms with Crippen LogP contribution in [0.4, 0.5) is 4.79 Å². The van der Waals surface area contributed by atoms with Crippen molar-refractivity contribution in [2.75, 3.05) is 33.4 Å². The summed E-state index contributed by atoms with van der Waals surface area (Å²) in [6.07, 6.45) is 3.51. The highest BCUT2D eigenvalue weighted by atomic mass is 16.7. The molecule has 2 saturated heterocycles. The van der Waals surface area contributed by atoms with Crippen molar-refractivity contribution in [3.8, 4) is 11.1 Å². The highest BCUT2D eigenvalue weighted by Gasteiger charge is 2.35. The number of aliphatic hydroxyl groups is 1. The van der Waals surface area contributed by atoms with Crippen molar-refractivity contribution in [3.05, 3.63) is 108 Å². The minimum Gasteiger partial charge on any atom is -0.445 e. The summed E-state index contributed by atoms with van der Waals surface area (Å²) >= 11 is 0. The average Bonchev–Trinajstić information content (AvgIpc) is 3.49. The average molecular weight is 587 g/mol. The van der Waals surface area contributed by atoms with Gasteiger partial charge in [-0.1, -0.05) is 79.4 Å². The summed E-state index contributed by atoms with van der Waals surface area (Å²) in [6.45, 7) is 6.74. The topological polar surface area (TPSA) is 89.5 Å². The number of hydrogen-bond acceptors (Lipinski definition) is 7. The maximum atomic E-state index is 11.8. The number of ether oxygens (including phenoxy) is 4. The first-order valence-corrected chi connectivity index (χ1v) is 15.0. The van der Waals surface area contributed by atoms with Gasteiger partial charge in [0.2, 0.25) is 0 Å². The Kier molecular flexibility index (Phi) is 11.0. The molecule has 4 unspecified atom stereocenters. The van der Waals surface area contributed by atoms with Crippen molar-refractivity contribution >= 4 is 6.09 Å². The molecule has 2 aliphatic rings. The third-order valence-corrected chi connectivity index (χ3v) is 8.12. The molecule has 0 saturated carbocycles. The van der Waals surface area contributed by atoms with Gasteiger partial charge >= 0.3 is 6.09 Å². The van der Waals surface area contributed by atoms with Crippen molar-refractivity contribution in [2.45, 2.75) is 57.0 Å². The molecule has 3 aromatic rings. The van der Waals surface area contributed by atoms with Crippen LogP contribution >= 0.6 is 0 Å². The molecule has 228 valence electrons. The molecule has 5 rings (SSSR count). The smallest absolute Gasteiger partial charge is 0.407 e. The van der Waals surface area contributed by atoms with Crippen molar-refractivity contribution in [1.82, 2.24) is 10.2 Å². The SMILES string of the molecule is C=CCOC(=O)NCc1cccc(-c2ccc(C3OC(CN4CCCC4COC)CC(c4ccc(CO)cc4)O3)cc2)c1. The lowest BCUT2D eigenvalue weighted by Crippen LogP contribution is -2.42. The number of likely N-dealkylation sites (tertiary alicyclic amines) is 1. The third kappa shape index (κ3) is 8.31. The van der Waals surface area contributed by atoms with Gasteiger partial charge in [0.05, 0.1) is 25.4 Å². The number of nitrogens with one attached hydrogen (secondary N) is 1. The molecule has 4 atom stereocenters. The maximum Gasteiger partial charge on any atom is 0.407 e. The molecule has 0 bridgehead atoms. The van der Waals surface area contributed by atoms with Crippen LogP contribution in [0.3, 0.4) is 0 Å². The molecule has 0 spiro atoms. The van der Waals surface area contributed by atoms with Crippen LogP contribution in [0.1, 0.15) is 53.9 Å². The highest BCUT2D eigenvalue weighted by Crippen LogP contribution is 2.39. The molecule has 2 heterocycles. The van der Waals surface area contributed by atoms with E-state index in [4.69, 9.17) is 18.9 Å². The first kappa shape index (κ1) is 30.9. The van der Waals surface area contributed by atoms with Crippen molar-refractivity contribution in [2.24, 2.45) is 0 Å². The van der Waals surface area contributed by atoms with Gasteiger partial charge in [0.15, 0.2) is 6.29 Å². The fourth-order valence-electron chi connectivity index (χ4n) is 5.86. The minimum absolute atomic E-state index is 0.000697. The Bertz CT molecular complexity index is 1330. The normalized spacial score (nSPS) is 22.3. The number of benzene rings is 3. The van der Waals surface area contributed by atoms with E-state index in [1.807, 2.05) is 36.4 Å². The number of hydrogen-bond donors (Lipinski definition) is 2. The van der Waals surface area contributed by atoms with Crippen LogP contribution in [0.2, 0.25) is 0 Å². The quantitative estimate of drug-likeness (QED) is 0.255. The van der Waals surface area contributed by atoms with E-state index in [2.05, 4.69) is 53.2 Å². The third-order valence-electron chi connectivity index (χ3n) is 8.12. The number of alkyl carbamates (subject to hydrolysis) is 1. The van der Waals surface area contributed by atoms with Crippen molar-refractivity contribution < 1.29 is 28.8 Å². The fourth-order valence-corrected chi connectivity index (χ4v) is 5.86. The van der Waals surface area contributed by atoms with Gasteiger partial charge in [-0.15, -0.1) is 0 Å². The van der Waals surface area contributed by atoms with E-state index in [1.54, 1.807) is 7.11 Å². The van der Waals surface area contributed by atoms with Gasteiger partial charge in [-0.2, -0.15) is 0 Å². The van der Waals surface area contributed by atoms with Crippen LogP contribution in [0.5, 0.6) is 0 Å². The molecular weight excluding hydrogens is 544 g/mol. The number of methoxy groups -OCH3 is 1. The Balaban J connectivity index is 1.30. The summed E-state index contributed by atoms with van der Waals surface area (Å²) in [6, 6.07) is 24.8. The van der Waals surface area contributed by atoms with Crippen molar-refractivity contribution in [3.63, 3.8) is 0 Å². The van der Waals surface area contributed by atoms with Gasteiger partial charge in [0.1, 0.15) is 6.61 Å². The van der Waals surface area contributed by atoms with Crippen LogP contribution in [-0.2, 0) is 32.1 Å². The molecule has 2 aliphatic heterocycles. The summed E-state index contributed by atoms with van der Waals surface area (Å²) in [4.78, 5) is 14.3. The van der Waals surface area contributed by atoms with Gasteiger partial charge in [-0.05, 0) is 53.3 Å². The summed E-state index contributed by atoms with van der Waals surface area (Å²) < 4.78 is 23.6. The second-order valence-electron chi connectivity index (χ2n) is 11.2. The Hall–Kier alpha value is -3.53. The lowest BCUT2D eigenvalue weighted by molar-refractivity contribution is -0.253. The second kappa shape index (κ2) is 15.3. The van der Waals surface area contributed by atoms with Crippen molar-refractivity contribution in [1.29, 1.82) is 0 Å². The lowest BCUT2D eigenvalue weighted by atomic mass is 9.99. The summed E-state index contributed by atoms with van der Waals surface area (Å²) in [5.74, 6) is 0. The second-order valence-corrected chi connectivity index (χ2v) is 11.2. The van der Waals surface area contributed by atoms with E-state index in [9.17, 15) is 9.90 Å². The maximum absolute atomic E-state index is 11.8. The number of rotatable bonds is 12. The first-order valence-electron chi connectivity index (χ1n) is 15.0. The lowest BCUT2D eigenvalue weighted by Gasteiger charge is -2.38. The molecule has 0 radical (unpaired) electrons. The molecule has 8 nitrogen and oxygen atoms in total.